The van der Waals surface area contributed by atoms with Gasteiger partial charge in [-0.25, -0.2) is 4.79 Å². The van der Waals surface area contributed by atoms with Crippen LogP contribution in [0.4, 0.5) is 0 Å². The van der Waals surface area contributed by atoms with Crippen molar-refractivity contribution in [2.24, 2.45) is 0 Å². The lowest BCUT2D eigenvalue weighted by molar-refractivity contribution is -0.132. The summed E-state index contributed by atoms with van der Waals surface area (Å²) in [6.45, 7) is 3.03. The molecular weight excluding hydrogens is 282 g/mol. The largest absolute Gasteiger partial charge is 0.478 e. The summed E-state index contributed by atoms with van der Waals surface area (Å²) in [5.41, 5.74) is 1.58. The third-order valence-corrected chi connectivity index (χ3v) is 2.88. The highest BCUT2D eigenvalue weighted by atomic mass is 79.9. The van der Waals surface area contributed by atoms with Gasteiger partial charge in [0.2, 0.25) is 0 Å². The second-order valence-corrected chi connectivity index (χ2v) is 4.93. The summed E-state index contributed by atoms with van der Waals surface area (Å²) in [4.78, 5) is 12.7. The highest BCUT2D eigenvalue weighted by Crippen LogP contribution is 2.12. The van der Waals surface area contributed by atoms with Crippen LogP contribution >= 0.6 is 15.9 Å². The summed E-state index contributed by atoms with van der Waals surface area (Å²) in [5, 5.41) is 8.73. The van der Waals surface area contributed by atoms with E-state index >= 15 is 0 Å². The van der Waals surface area contributed by atoms with E-state index in [9.17, 15) is 4.79 Å². The SMILES string of the molecule is CC(=CCN(C)Cc1cccc(Br)c1)C(=O)O. The Morgan fingerprint density at radius 3 is 2.82 bits per heavy atom. The molecule has 0 unspecified atom stereocenters. The molecule has 0 spiro atoms. The number of nitrogens with zero attached hydrogens (tertiary/aromatic N) is 1. The van der Waals surface area contributed by atoms with Crippen molar-refractivity contribution in [2.75, 3.05) is 13.6 Å². The first kappa shape index (κ1) is 13.9. The third-order valence-electron chi connectivity index (χ3n) is 2.39. The molecule has 0 atom stereocenters. The zero-order chi connectivity index (χ0) is 12.8. The number of hydrogen-bond donors (Lipinski definition) is 1. The van der Waals surface area contributed by atoms with Crippen LogP contribution < -0.4 is 0 Å². The number of hydrogen-bond acceptors (Lipinski definition) is 2. The molecular formula is C13H16BrNO2. The second-order valence-electron chi connectivity index (χ2n) is 4.02. The molecule has 0 aromatic heterocycles. The maximum atomic E-state index is 10.6. The topological polar surface area (TPSA) is 40.5 Å². The van der Waals surface area contributed by atoms with Crippen LogP contribution in [0.15, 0.2) is 40.4 Å². The number of carboxylic acid groups (broad SMARTS) is 1. The van der Waals surface area contributed by atoms with Gasteiger partial charge < -0.3 is 5.11 Å². The molecule has 1 N–H and O–H groups in total. The number of halogens is 1. The summed E-state index contributed by atoms with van der Waals surface area (Å²) >= 11 is 3.43. The Morgan fingerprint density at radius 2 is 2.24 bits per heavy atom. The van der Waals surface area contributed by atoms with Crippen molar-refractivity contribution < 1.29 is 9.90 Å². The fourth-order valence-electron chi connectivity index (χ4n) is 1.39. The predicted molar refractivity (Wildman–Crippen MR) is 71.9 cm³/mol. The van der Waals surface area contributed by atoms with Crippen LogP contribution in [-0.2, 0) is 11.3 Å². The van der Waals surface area contributed by atoms with Gasteiger partial charge in [0.1, 0.15) is 0 Å². The van der Waals surface area contributed by atoms with E-state index in [2.05, 4.69) is 33.0 Å². The predicted octanol–water partition coefficient (Wildman–Crippen LogP) is 2.91. The van der Waals surface area contributed by atoms with Gasteiger partial charge in [-0.2, -0.15) is 0 Å². The second kappa shape index (κ2) is 6.57. The standard InChI is InChI=1S/C13H16BrNO2/c1-10(13(16)17)6-7-15(2)9-11-4-3-5-12(14)8-11/h3-6,8H,7,9H2,1-2H3,(H,16,17). The van der Waals surface area contributed by atoms with Gasteiger partial charge in [0.25, 0.3) is 0 Å². The van der Waals surface area contributed by atoms with Gasteiger partial charge in [-0.1, -0.05) is 34.1 Å². The first-order chi connectivity index (χ1) is 7.99. The average molecular weight is 298 g/mol. The van der Waals surface area contributed by atoms with Crippen molar-refractivity contribution in [3.05, 3.63) is 46.0 Å². The number of carbonyl (C=O) groups is 1. The zero-order valence-corrected chi connectivity index (χ0v) is 11.6. The van der Waals surface area contributed by atoms with Gasteiger partial charge in [-0.15, -0.1) is 0 Å². The third kappa shape index (κ3) is 5.15. The summed E-state index contributed by atoms with van der Waals surface area (Å²) < 4.78 is 1.06. The molecule has 0 saturated carbocycles. The van der Waals surface area contributed by atoms with Crippen LogP contribution in [0.5, 0.6) is 0 Å². The van der Waals surface area contributed by atoms with E-state index in [1.165, 1.54) is 5.56 Å². The van der Waals surface area contributed by atoms with E-state index in [0.717, 1.165) is 11.0 Å². The summed E-state index contributed by atoms with van der Waals surface area (Å²) in [5.74, 6) is -0.860. The van der Waals surface area contributed by atoms with Crippen LogP contribution in [0.25, 0.3) is 0 Å². The van der Waals surface area contributed by atoms with Crippen LogP contribution in [0.1, 0.15) is 12.5 Å². The Morgan fingerprint density at radius 1 is 1.53 bits per heavy atom. The first-order valence-electron chi connectivity index (χ1n) is 5.32. The van der Waals surface area contributed by atoms with Gasteiger partial charge in [0, 0.05) is 23.1 Å². The Bertz CT molecular complexity index is 429. The molecule has 0 aliphatic heterocycles. The number of likely N-dealkylation sites (N-methyl/N-ethyl adjacent to an activating group) is 1. The fraction of sp³-hybridized carbons (Fsp3) is 0.308. The first-order valence-corrected chi connectivity index (χ1v) is 6.11. The molecule has 0 saturated heterocycles. The Hall–Kier alpha value is -1.13. The molecule has 0 aliphatic carbocycles. The fourth-order valence-corrected chi connectivity index (χ4v) is 1.84. The lowest BCUT2D eigenvalue weighted by Crippen LogP contribution is -2.18. The molecule has 1 aromatic rings. The molecule has 0 amide bonds. The quantitative estimate of drug-likeness (QED) is 0.850. The molecule has 0 fully saturated rings. The van der Waals surface area contributed by atoms with E-state index in [1.54, 1.807) is 13.0 Å². The van der Waals surface area contributed by atoms with Crippen LogP contribution in [-0.4, -0.2) is 29.6 Å². The highest BCUT2D eigenvalue weighted by Gasteiger charge is 2.02. The minimum absolute atomic E-state index is 0.381. The van der Waals surface area contributed by atoms with Crippen molar-refractivity contribution in [1.82, 2.24) is 4.90 Å². The van der Waals surface area contributed by atoms with E-state index in [-0.39, 0.29) is 0 Å². The Kier molecular flexibility index (Phi) is 5.38. The van der Waals surface area contributed by atoms with Crippen LogP contribution in [0.3, 0.4) is 0 Å². The molecule has 17 heavy (non-hydrogen) atoms. The number of carboxylic acids is 1. The smallest absolute Gasteiger partial charge is 0.330 e. The zero-order valence-electron chi connectivity index (χ0n) is 9.98. The molecule has 0 bridgehead atoms. The molecule has 4 heteroatoms. The lowest BCUT2D eigenvalue weighted by atomic mass is 10.2. The van der Waals surface area contributed by atoms with Crippen molar-refractivity contribution in [2.45, 2.75) is 13.5 Å². The maximum absolute atomic E-state index is 10.6. The molecule has 0 aliphatic rings. The Labute approximate surface area is 110 Å². The monoisotopic (exact) mass is 297 g/mol. The van der Waals surface area contributed by atoms with E-state index in [1.807, 2.05) is 19.2 Å². The van der Waals surface area contributed by atoms with Gasteiger partial charge >= 0.3 is 5.97 Å². The average Bonchev–Trinajstić information content (AvgIpc) is 2.25. The van der Waals surface area contributed by atoms with Gasteiger partial charge in [0.15, 0.2) is 0 Å². The minimum Gasteiger partial charge on any atom is -0.478 e. The molecule has 0 radical (unpaired) electrons. The minimum atomic E-state index is -0.860. The Balaban J connectivity index is 2.53. The lowest BCUT2D eigenvalue weighted by Gasteiger charge is -2.14. The van der Waals surface area contributed by atoms with Crippen molar-refractivity contribution in [3.63, 3.8) is 0 Å². The van der Waals surface area contributed by atoms with Crippen molar-refractivity contribution >= 4 is 21.9 Å². The molecule has 92 valence electrons. The van der Waals surface area contributed by atoms with Crippen LogP contribution in [0, 0.1) is 0 Å². The van der Waals surface area contributed by atoms with Crippen LogP contribution in [0.2, 0.25) is 0 Å². The molecule has 0 heterocycles. The number of rotatable bonds is 5. The molecule has 3 nitrogen and oxygen atoms in total. The van der Waals surface area contributed by atoms with E-state index in [4.69, 9.17) is 5.11 Å². The highest BCUT2D eigenvalue weighted by molar-refractivity contribution is 9.10. The maximum Gasteiger partial charge on any atom is 0.330 e. The van der Waals surface area contributed by atoms with Crippen molar-refractivity contribution in [3.8, 4) is 0 Å². The number of aliphatic carboxylic acids is 1. The normalized spacial score (nSPS) is 11.9. The van der Waals surface area contributed by atoms with Crippen molar-refractivity contribution in [1.29, 1.82) is 0 Å². The van der Waals surface area contributed by atoms with E-state index < -0.39 is 5.97 Å². The summed E-state index contributed by atoms with van der Waals surface area (Å²) in [6, 6.07) is 8.09. The summed E-state index contributed by atoms with van der Waals surface area (Å²) in [7, 11) is 1.96. The molecule has 1 rings (SSSR count). The van der Waals surface area contributed by atoms with Gasteiger partial charge in [-0.3, -0.25) is 4.90 Å². The summed E-state index contributed by atoms with van der Waals surface area (Å²) in [6.07, 6.45) is 1.72. The number of benzene rings is 1. The van der Waals surface area contributed by atoms with Gasteiger partial charge in [-0.05, 0) is 31.7 Å². The van der Waals surface area contributed by atoms with E-state index in [0.29, 0.717) is 12.1 Å². The molecule has 1 aromatic carbocycles. The van der Waals surface area contributed by atoms with Gasteiger partial charge in [0.05, 0.1) is 0 Å².